The summed E-state index contributed by atoms with van der Waals surface area (Å²) in [5.74, 6) is 0. The predicted octanol–water partition coefficient (Wildman–Crippen LogP) is 2.63. The van der Waals surface area contributed by atoms with Gasteiger partial charge in [-0.25, -0.2) is 9.59 Å². The molecule has 1 aromatic rings. The summed E-state index contributed by atoms with van der Waals surface area (Å²) in [5, 5.41) is 10.7. The third kappa shape index (κ3) is 4.88. The summed E-state index contributed by atoms with van der Waals surface area (Å²) >= 11 is 0. The molecule has 7 nitrogen and oxygen atoms in total. The molecule has 0 saturated carbocycles. The fraction of sp³-hybridized carbons (Fsp3) is 0.579. The van der Waals surface area contributed by atoms with Crippen LogP contribution >= 0.6 is 0 Å². The molecule has 26 heavy (non-hydrogen) atoms. The lowest BCUT2D eigenvalue weighted by Gasteiger charge is -2.51. The molecule has 1 unspecified atom stereocenters. The van der Waals surface area contributed by atoms with Crippen molar-refractivity contribution in [1.82, 2.24) is 9.80 Å². The molecule has 1 aliphatic heterocycles. The van der Waals surface area contributed by atoms with Gasteiger partial charge in [0.05, 0.1) is 19.1 Å². The van der Waals surface area contributed by atoms with Crippen molar-refractivity contribution in [2.75, 3.05) is 20.1 Å². The summed E-state index contributed by atoms with van der Waals surface area (Å²) in [6, 6.07) is 8.87. The highest BCUT2D eigenvalue weighted by Gasteiger charge is 2.51. The van der Waals surface area contributed by atoms with Crippen LogP contribution in [0.5, 0.6) is 0 Å². The number of amides is 2. The minimum atomic E-state index is -1.18. The normalized spacial score (nSPS) is 17.1. The molecule has 144 valence electrons. The molecule has 2 amide bonds. The fourth-order valence-corrected chi connectivity index (χ4v) is 2.67. The zero-order chi connectivity index (χ0) is 19.5. The van der Waals surface area contributed by atoms with Crippen LogP contribution in [0.1, 0.15) is 33.3 Å². The molecular formula is C19H28N2O5. The van der Waals surface area contributed by atoms with E-state index < -0.39 is 29.4 Å². The molecule has 0 spiro atoms. The quantitative estimate of drug-likeness (QED) is 0.888. The Balaban J connectivity index is 1.85. The van der Waals surface area contributed by atoms with E-state index in [1.165, 1.54) is 9.80 Å². The average Bonchev–Trinajstić information content (AvgIpc) is 2.54. The van der Waals surface area contributed by atoms with Crippen molar-refractivity contribution in [2.24, 2.45) is 0 Å². The first-order valence-corrected chi connectivity index (χ1v) is 8.66. The molecule has 1 atom stereocenters. The Morgan fingerprint density at radius 3 is 2.38 bits per heavy atom. The lowest BCUT2D eigenvalue weighted by Crippen LogP contribution is -2.71. The molecule has 0 radical (unpaired) electrons. The number of hydrogen-bond donors (Lipinski definition) is 1. The van der Waals surface area contributed by atoms with Crippen LogP contribution in [0.3, 0.4) is 0 Å². The monoisotopic (exact) mass is 364 g/mol. The van der Waals surface area contributed by atoms with Crippen molar-refractivity contribution < 1.29 is 24.2 Å². The Kier molecular flexibility index (Phi) is 5.81. The van der Waals surface area contributed by atoms with Gasteiger partial charge in [0.2, 0.25) is 0 Å². The molecule has 1 heterocycles. The Labute approximate surface area is 154 Å². The Hall–Kier alpha value is -2.28. The van der Waals surface area contributed by atoms with Gasteiger partial charge in [0.15, 0.2) is 0 Å². The zero-order valence-corrected chi connectivity index (χ0v) is 16.1. The maximum Gasteiger partial charge on any atom is 0.410 e. The number of ether oxygens (including phenoxy) is 2. The maximum absolute atomic E-state index is 12.2. The van der Waals surface area contributed by atoms with Crippen molar-refractivity contribution >= 4 is 12.2 Å². The van der Waals surface area contributed by atoms with Crippen molar-refractivity contribution in [3.8, 4) is 0 Å². The molecular weight excluding hydrogens is 336 g/mol. The van der Waals surface area contributed by atoms with Gasteiger partial charge >= 0.3 is 12.2 Å². The Morgan fingerprint density at radius 1 is 1.27 bits per heavy atom. The summed E-state index contributed by atoms with van der Waals surface area (Å²) in [5.41, 5.74) is -0.883. The lowest BCUT2D eigenvalue weighted by molar-refractivity contribution is -0.131. The molecule has 1 aromatic carbocycles. The number of carbonyl (C=O) groups excluding carboxylic acids is 2. The first-order valence-electron chi connectivity index (χ1n) is 8.66. The average molecular weight is 364 g/mol. The van der Waals surface area contributed by atoms with Crippen molar-refractivity contribution in [3.05, 3.63) is 35.9 Å². The first kappa shape index (κ1) is 20.0. The van der Waals surface area contributed by atoms with Crippen LogP contribution in [-0.2, 0) is 16.1 Å². The summed E-state index contributed by atoms with van der Waals surface area (Å²) in [6.07, 6.45) is -0.992. The molecule has 1 aliphatic rings. The zero-order valence-electron chi connectivity index (χ0n) is 16.1. The van der Waals surface area contributed by atoms with E-state index in [0.717, 1.165) is 5.56 Å². The number of benzene rings is 1. The summed E-state index contributed by atoms with van der Waals surface area (Å²) in [7, 11) is 1.58. The smallest absolute Gasteiger partial charge is 0.410 e. The van der Waals surface area contributed by atoms with E-state index in [1.807, 2.05) is 30.3 Å². The molecule has 1 fully saturated rings. The third-order valence-electron chi connectivity index (χ3n) is 4.43. The minimum absolute atomic E-state index is 0.111. The topological polar surface area (TPSA) is 79.3 Å². The van der Waals surface area contributed by atoms with Gasteiger partial charge in [-0.3, -0.25) is 0 Å². The number of likely N-dealkylation sites (N-methyl/N-ethyl adjacent to an activating group) is 1. The van der Waals surface area contributed by atoms with Crippen LogP contribution in [0.4, 0.5) is 9.59 Å². The van der Waals surface area contributed by atoms with Crippen LogP contribution in [0.2, 0.25) is 0 Å². The number of aliphatic hydroxyl groups is 1. The number of rotatable bonds is 4. The fourth-order valence-electron chi connectivity index (χ4n) is 2.67. The summed E-state index contributed by atoms with van der Waals surface area (Å²) < 4.78 is 10.6. The number of carbonyl (C=O) groups is 2. The summed E-state index contributed by atoms with van der Waals surface area (Å²) in [6.45, 7) is 7.48. The van der Waals surface area contributed by atoms with Gasteiger partial charge < -0.3 is 24.4 Å². The molecule has 7 heteroatoms. The molecule has 0 bridgehead atoms. The van der Waals surface area contributed by atoms with Gasteiger partial charge in [0.1, 0.15) is 17.8 Å². The number of hydrogen-bond acceptors (Lipinski definition) is 5. The summed E-state index contributed by atoms with van der Waals surface area (Å²) in [4.78, 5) is 27.0. The Bertz CT molecular complexity index is 635. The van der Waals surface area contributed by atoms with Crippen LogP contribution in [0.25, 0.3) is 0 Å². The van der Waals surface area contributed by atoms with Crippen LogP contribution in [0, 0.1) is 0 Å². The second kappa shape index (κ2) is 7.53. The molecule has 0 aliphatic carbocycles. The van der Waals surface area contributed by atoms with Crippen LogP contribution in [0.15, 0.2) is 30.3 Å². The highest BCUT2D eigenvalue weighted by atomic mass is 16.6. The SMILES string of the molecule is CC(N(C)C(=O)OCc1ccccc1)C1(O)CN(C(=O)OC(C)(C)C)C1. The maximum atomic E-state index is 12.2. The van der Waals surface area contributed by atoms with Crippen molar-refractivity contribution in [3.63, 3.8) is 0 Å². The van der Waals surface area contributed by atoms with Gasteiger partial charge in [-0.15, -0.1) is 0 Å². The van der Waals surface area contributed by atoms with E-state index in [4.69, 9.17) is 9.47 Å². The first-order chi connectivity index (χ1) is 12.0. The minimum Gasteiger partial charge on any atom is -0.445 e. The number of β-amino-alcohol motifs (C(OH)–C–C–N with tert-alkyl or cyclic N) is 1. The molecule has 1 N–H and O–H groups in total. The highest BCUT2D eigenvalue weighted by Crippen LogP contribution is 2.29. The van der Waals surface area contributed by atoms with E-state index >= 15 is 0 Å². The van der Waals surface area contributed by atoms with E-state index in [1.54, 1.807) is 34.7 Å². The van der Waals surface area contributed by atoms with Gasteiger partial charge in [-0.1, -0.05) is 30.3 Å². The number of likely N-dealkylation sites (tertiary alicyclic amines) is 1. The van der Waals surface area contributed by atoms with Crippen molar-refractivity contribution in [2.45, 2.75) is 51.5 Å². The van der Waals surface area contributed by atoms with Gasteiger partial charge in [0, 0.05) is 7.05 Å². The molecule has 1 saturated heterocycles. The van der Waals surface area contributed by atoms with Gasteiger partial charge in [-0.2, -0.15) is 0 Å². The highest BCUT2D eigenvalue weighted by molar-refractivity contribution is 5.70. The van der Waals surface area contributed by atoms with Gasteiger partial charge in [0.25, 0.3) is 0 Å². The largest absolute Gasteiger partial charge is 0.445 e. The van der Waals surface area contributed by atoms with E-state index in [-0.39, 0.29) is 19.7 Å². The second-order valence-corrected chi connectivity index (χ2v) is 7.77. The van der Waals surface area contributed by atoms with Crippen molar-refractivity contribution in [1.29, 1.82) is 0 Å². The van der Waals surface area contributed by atoms with E-state index in [0.29, 0.717) is 0 Å². The lowest BCUT2D eigenvalue weighted by atomic mass is 9.86. The predicted molar refractivity (Wildman–Crippen MR) is 96.6 cm³/mol. The second-order valence-electron chi connectivity index (χ2n) is 7.77. The van der Waals surface area contributed by atoms with Crippen LogP contribution < -0.4 is 0 Å². The standard InChI is InChI=1S/C19H28N2O5/c1-14(19(24)12-21(13-19)17(23)26-18(2,3)4)20(5)16(22)25-11-15-9-7-6-8-10-15/h6-10,14,24H,11-13H2,1-5H3. The van der Waals surface area contributed by atoms with E-state index in [2.05, 4.69) is 0 Å². The Morgan fingerprint density at radius 2 is 1.85 bits per heavy atom. The molecule has 0 aromatic heterocycles. The number of nitrogens with zero attached hydrogens (tertiary/aromatic N) is 2. The van der Waals surface area contributed by atoms with Gasteiger partial charge in [-0.05, 0) is 33.3 Å². The van der Waals surface area contributed by atoms with E-state index in [9.17, 15) is 14.7 Å². The third-order valence-corrected chi connectivity index (χ3v) is 4.43. The van der Waals surface area contributed by atoms with Crippen LogP contribution in [-0.4, -0.2) is 64.5 Å². The molecule has 2 rings (SSSR count).